The van der Waals surface area contributed by atoms with Gasteiger partial charge < -0.3 is 19.7 Å². The van der Waals surface area contributed by atoms with Gasteiger partial charge in [0.1, 0.15) is 12.4 Å². The predicted octanol–water partition coefficient (Wildman–Crippen LogP) is 7.99. The van der Waals surface area contributed by atoms with Crippen LogP contribution in [0.25, 0.3) is 0 Å². The van der Waals surface area contributed by atoms with Gasteiger partial charge in [-0.1, -0.05) is 48.6 Å². The van der Waals surface area contributed by atoms with Crippen molar-refractivity contribution >= 4 is 22.8 Å². The van der Waals surface area contributed by atoms with Crippen molar-refractivity contribution in [2.75, 3.05) is 20.3 Å². The first kappa shape index (κ1) is 35.7. The summed E-state index contributed by atoms with van der Waals surface area (Å²) in [5, 5.41) is 17.0. The molecule has 2 aromatic carbocycles. The molecular formula is C36H45ClO6. The molecule has 6 nitrogen and oxygen atoms in total. The Labute approximate surface area is 261 Å². The summed E-state index contributed by atoms with van der Waals surface area (Å²) in [6.07, 6.45) is 10.7. The Morgan fingerprint density at radius 3 is 1.72 bits per heavy atom. The SMILES string of the molecule is C=C(C)[C@@H]1CC=C(CO)CC1.C=C(C)[C@@H]1CC=C(COC(=O)c2ccc(OC)cc2)CC1.O=C(Cl)c1ccc(CO)cc1. The zero-order valence-electron chi connectivity index (χ0n) is 25.6. The molecule has 232 valence electrons. The number of hydrogen-bond donors (Lipinski definition) is 2. The fraction of sp³-hybridized carbons (Fsp3) is 0.389. The molecule has 0 heterocycles. The van der Waals surface area contributed by atoms with Gasteiger partial charge in [0.2, 0.25) is 0 Å². The van der Waals surface area contributed by atoms with Crippen molar-refractivity contribution in [2.45, 2.75) is 59.0 Å². The third kappa shape index (κ3) is 12.8. The highest BCUT2D eigenvalue weighted by Gasteiger charge is 2.16. The minimum absolute atomic E-state index is 0.0171. The molecule has 0 radical (unpaired) electrons. The molecule has 0 spiro atoms. The highest BCUT2D eigenvalue weighted by Crippen LogP contribution is 2.29. The highest BCUT2D eigenvalue weighted by molar-refractivity contribution is 6.67. The molecular weight excluding hydrogens is 564 g/mol. The normalized spacial score (nSPS) is 17.4. The van der Waals surface area contributed by atoms with E-state index in [1.54, 1.807) is 55.6 Å². The van der Waals surface area contributed by atoms with Gasteiger partial charge in [-0.3, -0.25) is 4.79 Å². The molecule has 0 aromatic heterocycles. The van der Waals surface area contributed by atoms with Crippen LogP contribution >= 0.6 is 11.6 Å². The number of hydrogen-bond acceptors (Lipinski definition) is 6. The lowest BCUT2D eigenvalue weighted by Gasteiger charge is -2.22. The van der Waals surface area contributed by atoms with Crippen LogP contribution < -0.4 is 4.74 Å². The van der Waals surface area contributed by atoms with Gasteiger partial charge >= 0.3 is 5.97 Å². The van der Waals surface area contributed by atoms with E-state index in [0.717, 1.165) is 43.4 Å². The summed E-state index contributed by atoms with van der Waals surface area (Å²) in [6, 6.07) is 13.4. The molecule has 2 atom stereocenters. The number of rotatable bonds is 9. The summed E-state index contributed by atoms with van der Waals surface area (Å²) in [7, 11) is 1.60. The number of esters is 1. The van der Waals surface area contributed by atoms with Crippen LogP contribution in [0, 0.1) is 11.8 Å². The summed E-state index contributed by atoms with van der Waals surface area (Å²) >= 11 is 5.20. The van der Waals surface area contributed by atoms with Crippen LogP contribution in [0.4, 0.5) is 0 Å². The summed E-state index contributed by atoms with van der Waals surface area (Å²) in [5.41, 5.74) is 6.68. The molecule has 7 heteroatoms. The van der Waals surface area contributed by atoms with Gasteiger partial charge in [-0.25, -0.2) is 4.79 Å². The number of allylic oxidation sites excluding steroid dienone is 4. The monoisotopic (exact) mass is 608 g/mol. The second-order valence-corrected chi connectivity index (χ2v) is 11.3. The van der Waals surface area contributed by atoms with Crippen LogP contribution in [0.2, 0.25) is 0 Å². The highest BCUT2D eigenvalue weighted by atomic mass is 35.5. The maximum absolute atomic E-state index is 12.0. The van der Waals surface area contributed by atoms with E-state index in [1.807, 2.05) is 0 Å². The van der Waals surface area contributed by atoms with Crippen molar-refractivity contribution in [3.63, 3.8) is 0 Å². The summed E-state index contributed by atoms with van der Waals surface area (Å²) in [5.74, 6) is 1.67. The van der Waals surface area contributed by atoms with Crippen LogP contribution in [0.15, 0.2) is 96.1 Å². The van der Waals surface area contributed by atoms with E-state index >= 15 is 0 Å². The molecule has 2 aliphatic carbocycles. The molecule has 2 aromatic rings. The number of carbonyl (C=O) groups excluding carboxylic acids is 2. The topological polar surface area (TPSA) is 93.1 Å². The van der Waals surface area contributed by atoms with E-state index in [9.17, 15) is 9.59 Å². The molecule has 0 unspecified atom stereocenters. The number of halogens is 1. The van der Waals surface area contributed by atoms with E-state index in [-0.39, 0.29) is 19.2 Å². The van der Waals surface area contributed by atoms with Gasteiger partial charge in [0.05, 0.1) is 25.9 Å². The number of methoxy groups -OCH3 is 1. The van der Waals surface area contributed by atoms with Crippen LogP contribution in [-0.2, 0) is 11.3 Å². The van der Waals surface area contributed by atoms with Crippen LogP contribution in [0.3, 0.4) is 0 Å². The van der Waals surface area contributed by atoms with E-state index in [0.29, 0.717) is 29.6 Å². The molecule has 4 rings (SSSR count). The number of benzene rings is 2. The number of aliphatic hydroxyl groups excluding tert-OH is 2. The second-order valence-electron chi connectivity index (χ2n) is 11.0. The molecule has 2 aliphatic rings. The summed E-state index contributed by atoms with van der Waals surface area (Å²) in [6.45, 7) is 12.7. The van der Waals surface area contributed by atoms with Gasteiger partial charge in [0.25, 0.3) is 5.24 Å². The summed E-state index contributed by atoms with van der Waals surface area (Å²) in [4.78, 5) is 22.5. The number of aliphatic hydroxyl groups is 2. The van der Waals surface area contributed by atoms with Gasteiger partial charge in [-0.15, -0.1) is 0 Å². The van der Waals surface area contributed by atoms with Gasteiger partial charge in [0, 0.05) is 5.56 Å². The predicted molar refractivity (Wildman–Crippen MR) is 173 cm³/mol. The minimum atomic E-state index is -0.477. The Morgan fingerprint density at radius 2 is 1.33 bits per heavy atom. The van der Waals surface area contributed by atoms with Crippen molar-refractivity contribution in [1.82, 2.24) is 0 Å². The average molecular weight is 609 g/mol. The molecule has 0 fully saturated rings. The fourth-order valence-corrected chi connectivity index (χ4v) is 4.78. The van der Waals surface area contributed by atoms with Crippen molar-refractivity contribution in [1.29, 1.82) is 0 Å². The van der Waals surface area contributed by atoms with Crippen molar-refractivity contribution in [2.24, 2.45) is 11.8 Å². The Morgan fingerprint density at radius 1 is 0.814 bits per heavy atom. The van der Waals surface area contributed by atoms with Crippen LogP contribution in [-0.4, -0.2) is 41.7 Å². The maximum Gasteiger partial charge on any atom is 0.338 e. The third-order valence-electron chi connectivity index (χ3n) is 7.68. The molecule has 0 saturated heterocycles. The standard InChI is InChI=1S/C18H22O3.C10H16O.C8H7ClO2/c1-13(2)15-6-4-14(5-7-15)12-21-18(19)16-8-10-17(20-3)11-9-16;1-8(2)10-5-3-9(7-11)4-6-10;9-8(11)7-3-1-6(5-10)2-4-7/h4,8-11,15H,1,5-7,12H2,2-3H3;3,10-11H,1,4-7H2,2H3;1-4,10H,5H2/t15-;10-;/m11./s1. The smallest absolute Gasteiger partial charge is 0.338 e. The zero-order chi connectivity index (χ0) is 31.8. The first-order valence-corrected chi connectivity index (χ1v) is 14.9. The van der Waals surface area contributed by atoms with Crippen molar-refractivity contribution in [3.05, 3.63) is 113 Å². The van der Waals surface area contributed by atoms with Crippen molar-refractivity contribution in [3.8, 4) is 5.75 Å². The molecule has 43 heavy (non-hydrogen) atoms. The van der Waals surface area contributed by atoms with E-state index in [2.05, 4.69) is 39.2 Å². The Kier molecular flexibility index (Phi) is 15.8. The molecule has 0 amide bonds. The quantitative estimate of drug-likeness (QED) is 0.170. The first-order chi connectivity index (χ1) is 20.6. The lowest BCUT2D eigenvalue weighted by molar-refractivity contribution is 0.0535. The third-order valence-corrected chi connectivity index (χ3v) is 7.90. The number of ether oxygens (including phenoxy) is 2. The van der Waals surface area contributed by atoms with Crippen LogP contribution in [0.5, 0.6) is 5.75 Å². The maximum atomic E-state index is 12.0. The lowest BCUT2D eigenvalue weighted by Crippen LogP contribution is -2.12. The Hall–Kier alpha value is -3.45. The molecule has 0 saturated carbocycles. The largest absolute Gasteiger partial charge is 0.497 e. The molecule has 0 aliphatic heterocycles. The summed E-state index contributed by atoms with van der Waals surface area (Å²) < 4.78 is 10.4. The lowest BCUT2D eigenvalue weighted by atomic mass is 9.86. The first-order valence-electron chi connectivity index (χ1n) is 14.6. The number of carbonyl (C=O) groups is 2. The van der Waals surface area contributed by atoms with E-state index in [1.165, 1.54) is 28.7 Å². The molecule has 2 N–H and O–H groups in total. The minimum Gasteiger partial charge on any atom is -0.497 e. The van der Waals surface area contributed by atoms with E-state index < -0.39 is 5.24 Å². The second kappa shape index (κ2) is 19.0. The molecule has 0 bridgehead atoms. The van der Waals surface area contributed by atoms with E-state index in [4.69, 9.17) is 31.3 Å². The average Bonchev–Trinajstić information content (AvgIpc) is 3.04. The van der Waals surface area contributed by atoms with Crippen molar-refractivity contribution < 1.29 is 29.3 Å². The zero-order valence-corrected chi connectivity index (χ0v) is 26.4. The Balaban J connectivity index is 0.000000247. The fourth-order valence-electron chi connectivity index (χ4n) is 4.66. The van der Waals surface area contributed by atoms with Gasteiger partial charge in [-0.2, -0.15) is 0 Å². The van der Waals surface area contributed by atoms with Crippen LogP contribution in [0.1, 0.15) is 78.7 Å². The Bertz CT molecular complexity index is 1270. The van der Waals surface area contributed by atoms with Gasteiger partial charge in [-0.05, 0) is 129 Å². The van der Waals surface area contributed by atoms with Gasteiger partial charge in [0.15, 0.2) is 0 Å².